The number of nitrogen functional groups attached to an aromatic ring is 1. The molecule has 1 aromatic carbocycles. The maximum Gasteiger partial charge on any atom is 0.248 e. The molecule has 0 radical (unpaired) electrons. The minimum atomic E-state index is -0.463. The first kappa shape index (κ1) is 11.9. The summed E-state index contributed by atoms with van der Waals surface area (Å²) in [7, 11) is 1.65. The molecule has 82 valence electrons. The van der Waals surface area contributed by atoms with Crippen molar-refractivity contribution in [3.05, 3.63) is 23.8 Å². The summed E-state index contributed by atoms with van der Waals surface area (Å²) in [4.78, 5) is 11.8. The summed E-state index contributed by atoms with van der Waals surface area (Å²) < 4.78 is 4.93. The van der Waals surface area contributed by atoms with Gasteiger partial charge in [0.15, 0.2) is 0 Å². The Balaban J connectivity index is 2.70. The van der Waals surface area contributed by atoms with Crippen molar-refractivity contribution in [1.29, 1.82) is 0 Å². The number of hydrogen-bond donors (Lipinski definition) is 2. The number of hydrogen-bond acceptors (Lipinski definition) is 4. The van der Waals surface area contributed by atoms with Gasteiger partial charge < -0.3 is 16.2 Å². The molecule has 4 N–H and O–H groups in total. The van der Waals surface area contributed by atoms with E-state index in [1.807, 2.05) is 0 Å². The number of rotatable bonds is 5. The second-order valence-corrected chi connectivity index (χ2v) is 4.09. The Kier molecular flexibility index (Phi) is 4.45. The number of methoxy groups -OCH3 is 1. The third kappa shape index (κ3) is 3.45. The first-order chi connectivity index (χ1) is 7.15. The molecule has 0 saturated heterocycles. The van der Waals surface area contributed by atoms with E-state index in [0.717, 1.165) is 10.6 Å². The predicted octanol–water partition coefficient (Wildman–Crippen LogP) is 1.11. The predicted molar refractivity (Wildman–Crippen MR) is 62.0 cm³/mol. The molecule has 5 heteroatoms. The van der Waals surface area contributed by atoms with Crippen LogP contribution in [0.4, 0.5) is 5.69 Å². The molecule has 0 atom stereocenters. The van der Waals surface area contributed by atoms with Crippen molar-refractivity contribution in [2.75, 3.05) is 25.2 Å². The molecular formula is C10H14N2O2S. The summed E-state index contributed by atoms with van der Waals surface area (Å²) in [5.41, 5.74) is 11.9. The molecule has 1 rings (SSSR count). The minimum Gasteiger partial charge on any atom is -0.398 e. The van der Waals surface area contributed by atoms with Crippen molar-refractivity contribution in [1.82, 2.24) is 0 Å². The second-order valence-electron chi connectivity index (χ2n) is 2.96. The largest absolute Gasteiger partial charge is 0.398 e. The maximum atomic E-state index is 10.9. The monoisotopic (exact) mass is 226 g/mol. The van der Waals surface area contributed by atoms with Crippen LogP contribution in [0.25, 0.3) is 0 Å². The number of nitrogens with two attached hydrogens (primary N) is 2. The van der Waals surface area contributed by atoms with Crippen LogP contribution in [0.15, 0.2) is 23.1 Å². The summed E-state index contributed by atoms with van der Waals surface area (Å²) in [5, 5.41) is 0. The molecule has 0 aliphatic heterocycles. The van der Waals surface area contributed by atoms with E-state index < -0.39 is 5.91 Å². The average Bonchev–Trinajstić information content (AvgIpc) is 2.20. The number of primary amides is 1. The summed E-state index contributed by atoms with van der Waals surface area (Å²) in [5.74, 6) is 0.367. The van der Waals surface area contributed by atoms with Gasteiger partial charge in [-0.3, -0.25) is 4.79 Å². The molecule has 1 amide bonds. The lowest BCUT2D eigenvalue weighted by atomic mass is 10.2. The van der Waals surface area contributed by atoms with Gasteiger partial charge in [-0.2, -0.15) is 0 Å². The molecule has 0 bridgehead atoms. The summed E-state index contributed by atoms with van der Waals surface area (Å²) >= 11 is 1.59. The lowest BCUT2D eigenvalue weighted by molar-refractivity contribution is 0.100. The van der Waals surface area contributed by atoms with Crippen LogP contribution in [0.5, 0.6) is 0 Å². The Hall–Kier alpha value is -1.20. The first-order valence-electron chi connectivity index (χ1n) is 4.46. The molecule has 0 heterocycles. The topological polar surface area (TPSA) is 78.3 Å². The highest BCUT2D eigenvalue weighted by atomic mass is 32.2. The van der Waals surface area contributed by atoms with Gasteiger partial charge in [0.05, 0.1) is 6.61 Å². The number of thioether (sulfide) groups is 1. The van der Waals surface area contributed by atoms with Crippen molar-refractivity contribution >= 4 is 23.4 Å². The van der Waals surface area contributed by atoms with Crippen molar-refractivity contribution in [2.45, 2.75) is 4.90 Å². The Morgan fingerprint density at radius 2 is 2.27 bits per heavy atom. The highest BCUT2D eigenvalue weighted by Crippen LogP contribution is 2.25. The number of carbonyl (C=O) groups is 1. The fourth-order valence-corrected chi connectivity index (χ4v) is 1.93. The van der Waals surface area contributed by atoms with E-state index in [0.29, 0.717) is 17.9 Å². The van der Waals surface area contributed by atoms with Crippen molar-refractivity contribution in [2.24, 2.45) is 5.73 Å². The normalized spacial score (nSPS) is 10.2. The number of anilines is 1. The lowest BCUT2D eigenvalue weighted by Crippen LogP contribution is -2.11. The van der Waals surface area contributed by atoms with Gasteiger partial charge in [-0.25, -0.2) is 0 Å². The quantitative estimate of drug-likeness (QED) is 0.448. The number of benzene rings is 1. The maximum absolute atomic E-state index is 10.9. The van der Waals surface area contributed by atoms with E-state index in [1.54, 1.807) is 37.1 Å². The number of amides is 1. The molecular weight excluding hydrogens is 212 g/mol. The SMILES string of the molecule is COCCSc1ccc(C(N)=O)cc1N. The van der Waals surface area contributed by atoms with Gasteiger partial charge in [0, 0.05) is 29.0 Å². The van der Waals surface area contributed by atoms with Crippen molar-refractivity contribution < 1.29 is 9.53 Å². The third-order valence-electron chi connectivity index (χ3n) is 1.84. The number of ether oxygens (including phenoxy) is 1. The molecule has 0 spiro atoms. The molecule has 0 unspecified atom stereocenters. The highest BCUT2D eigenvalue weighted by molar-refractivity contribution is 7.99. The van der Waals surface area contributed by atoms with Gasteiger partial charge in [-0.15, -0.1) is 11.8 Å². The molecule has 0 aliphatic carbocycles. The fraction of sp³-hybridized carbons (Fsp3) is 0.300. The van der Waals surface area contributed by atoms with E-state index >= 15 is 0 Å². The zero-order valence-electron chi connectivity index (χ0n) is 8.53. The molecule has 4 nitrogen and oxygen atoms in total. The smallest absolute Gasteiger partial charge is 0.248 e. The van der Waals surface area contributed by atoms with Crippen molar-refractivity contribution in [3.63, 3.8) is 0 Å². The Labute approximate surface area is 93.0 Å². The van der Waals surface area contributed by atoms with Gasteiger partial charge in [0.1, 0.15) is 0 Å². The Morgan fingerprint density at radius 3 is 2.80 bits per heavy atom. The molecule has 0 aromatic heterocycles. The Bertz CT molecular complexity index is 355. The van der Waals surface area contributed by atoms with Crippen LogP contribution in [0, 0.1) is 0 Å². The van der Waals surface area contributed by atoms with Gasteiger partial charge in [-0.1, -0.05) is 0 Å². The van der Waals surface area contributed by atoms with E-state index in [-0.39, 0.29) is 0 Å². The standard InChI is InChI=1S/C10H14N2O2S/c1-14-4-5-15-9-3-2-7(10(12)13)6-8(9)11/h2-3,6H,4-5,11H2,1H3,(H2,12,13). The van der Waals surface area contributed by atoms with Crippen LogP contribution in [-0.4, -0.2) is 25.4 Å². The third-order valence-corrected chi connectivity index (χ3v) is 2.89. The van der Waals surface area contributed by atoms with Crippen LogP contribution in [0.2, 0.25) is 0 Å². The number of carbonyl (C=O) groups excluding carboxylic acids is 1. The van der Waals surface area contributed by atoms with Crippen LogP contribution in [0.3, 0.4) is 0 Å². The lowest BCUT2D eigenvalue weighted by Gasteiger charge is -2.06. The van der Waals surface area contributed by atoms with Gasteiger partial charge >= 0.3 is 0 Å². The summed E-state index contributed by atoms with van der Waals surface area (Å²) in [6, 6.07) is 5.07. The van der Waals surface area contributed by atoms with E-state index in [2.05, 4.69) is 0 Å². The summed E-state index contributed by atoms with van der Waals surface area (Å²) in [6.07, 6.45) is 0. The Morgan fingerprint density at radius 1 is 1.53 bits per heavy atom. The van der Waals surface area contributed by atoms with Crippen LogP contribution < -0.4 is 11.5 Å². The van der Waals surface area contributed by atoms with E-state index in [9.17, 15) is 4.79 Å². The van der Waals surface area contributed by atoms with E-state index in [1.165, 1.54) is 0 Å². The highest BCUT2D eigenvalue weighted by Gasteiger charge is 2.04. The van der Waals surface area contributed by atoms with Crippen LogP contribution in [-0.2, 0) is 4.74 Å². The molecule has 15 heavy (non-hydrogen) atoms. The van der Waals surface area contributed by atoms with Crippen molar-refractivity contribution in [3.8, 4) is 0 Å². The first-order valence-corrected chi connectivity index (χ1v) is 5.44. The molecule has 1 aromatic rings. The molecule has 0 saturated carbocycles. The summed E-state index contributed by atoms with van der Waals surface area (Å²) in [6.45, 7) is 0.668. The van der Waals surface area contributed by atoms with Gasteiger partial charge in [-0.05, 0) is 18.2 Å². The zero-order valence-corrected chi connectivity index (χ0v) is 9.34. The van der Waals surface area contributed by atoms with Crippen LogP contribution in [0.1, 0.15) is 10.4 Å². The van der Waals surface area contributed by atoms with Crippen LogP contribution >= 0.6 is 11.8 Å². The fourth-order valence-electron chi connectivity index (χ4n) is 1.07. The van der Waals surface area contributed by atoms with Gasteiger partial charge in [0.25, 0.3) is 0 Å². The zero-order chi connectivity index (χ0) is 11.3. The average molecular weight is 226 g/mol. The molecule has 0 fully saturated rings. The molecule has 0 aliphatic rings. The minimum absolute atomic E-state index is 0.434. The van der Waals surface area contributed by atoms with Gasteiger partial charge in [0.2, 0.25) is 5.91 Å². The second kappa shape index (κ2) is 5.63. The van der Waals surface area contributed by atoms with E-state index in [4.69, 9.17) is 16.2 Å².